The van der Waals surface area contributed by atoms with E-state index >= 15 is 0 Å². The summed E-state index contributed by atoms with van der Waals surface area (Å²) in [4.78, 5) is 10.1. The zero-order valence-corrected chi connectivity index (χ0v) is 22.0. The molecule has 0 aliphatic heterocycles. The Morgan fingerprint density at radius 1 is 0.757 bits per heavy atom. The van der Waals surface area contributed by atoms with Gasteiger partial charge >= 0.3 is 29.6 Å². The van der Waals surface area contributed by atoms with Crippen LogP contribution in [-0.2, 0) is 10.1 Å². The van der Waals surface area contributed by atoms with E-state index < -0.39 is 15.0 Å². The van der Waals surface area contributed by atoms with Crippen LogP contribution in [0, 0.1) is 10.1 Å². The Balaban J connectivity index is 0.00000380. The number of nitrogens with two attached hydrogens (primary N) is 2. The number of nitro benzene ring substituents is 1. The van der Waals surface area contributed by atoms with Crippen LogP contribution in [0.1, 0.15) is 0 Å². The number of hydrogen-bond acceptors (Lipinski definition) is 11. The molecule has 15 heteroatoms. The van der Waals surface area contributed by atoms with E-state index in [2.05, 4.69) is 20.5 Å². The molecule has 0 aliphatic carbocycles. The third-order valence-electron chi connectivity index (χ3n) is 5.01. The predicted molar refractivity (Wildman–Crippen MR) is 132 cm³/mol. The zero-order valence-electron chi connectivity index (χ0n) is 19.2. The van der Waals surface area contributed by atoms with Crippen LogP contribution in [0.3, 0.4) is 0 Å². The van der Waals surface area contributed by atoms with E-state index in [0.29, 0.717) is 11.1 Å². The van der Waals surface area contributed by atoms with Crippen LogP contribution < -0.4 is 41.0 Å². The first-order valence-corrected chi connectivity index (χ1v) is 11.5. The number of aromatic hydroxyl groups is 1. The van der Waals surface area contributed by atoms with Crippen LogP contribution in [-0.4, -0.2) is 23.0 Å². The first-order chi connectivity index (χ1) is 17.0. The number of nitrogens with zero attached hydrogens (tertiary/aromatic N) is 5. The Hall–Kier alpha value is -3.95. The summed E-state index contributed by atoms with van der Waals surface area (Å²) in [7, 11) is -4.45. The fraction of sp³-hybridized carbons (Fsp3) is 0. The van der Waals surface area contributed by atoms with E-state index in [1.807, 2.05) is 0 Å². The standard InChI is InChI=1S/C22H17N7O6S.Na/c23-15-10-16(24)19(27-28-20-9-12(29(31)32)7-8-21(20)30)11-18(15)26-25-17-5-1-4-14-13(17)3-2-6-22(14)36(33,34)35;/h1-11,30H,23-24H2,(H,33,34,35);/q;+1. The minimum Gasteiger partial charge on any atom is -0.506 e. The first kappa shape index (κ1) is 27.6. The number of rotatable bonds is 6. The van der Waals surface area contributed by atoms with Gasteiger partial charge < -0.3 is 16.6 Å². The van der Waals surface area contributed by atoms with Crippen LogP contribution in [0.25, 0.3) is 10.8 Å². The van der Waals surface area contributed by atoms with Crippen molar-refractivity contribution in [3.05, 3.63) is 76.8 Å². The molecule has 4 aromatic carbocycles. The van der Waals surface area contributed by atoms with E-state index in [-0.39, 0.29) is 79.7 Å². The molecule has 4 rings (SSSR count). The van der Waals surface area contributed by atoms with E-state index in [1.165, 1.54) is 30.3 Å². The number of nitro groups is 1. The Morgan fingerprint density at radius 2 is 1.32 bits per heavy atom. The molecular weight excluding hydrogens is 513 g/mol. The maximum Gasteiger partial charge on any atom is 1.00 e. The molecule has 0 saturated carbocycles. The average molecular weight is 530 g/mol. The van der Waals surface area contributed by atoms with Gasteiger partial charge in [0.2, 0.25) is 0 Å². The molecule has 0 aliphatic rings. The van der Waals surface area contributed by atoms with Crippen molar-refractivity contribution >= 4 is 60.7 Å². The molecule has 0 bridgehead atoms. The van der Waals surface area contributed by atoms with Gasteiger partial charge in [0.05, 0.1) is 22.0 Å². The number of phenols is 1. The van der Waals surface area contributed by atoms with Crippen molar-refractivity contribution < 1.29 is 52.6 Å². The fourth-order valence-corrected chi connectivity index (χ4v) is 3.99. The summed E-state index contributed by atoms with van der Waals surface area (Å²) in [5.74, 6) is -0.321. The topological polar surface area (TPSA) is 219 Å². The van der Waals surface area contributed by atoms with Gasteiger partial charge in [-0.25, -0.2) is 0 Å². The van der Waals surface area contributed by atoms with Gasteiger partial charge in [0.15, 0.2) is 0 Å². The molecule has 0 spiro atoms. The summed E-state index contributed by atoms with van der Waals surface area (Å²) in [5.41, 5.74) is 12.4. The van der Waals surface area contributed by atoms with E-state index in [4.69, 9.17) is 11.5 Å². The van der Waals surface area contributed by atoms with Crippen LogP contribution in [0.2, 0.25) is 0 Å². The molecule has 0 unspecified atom stereocenters. The summed E-state index contributed by atoms with van der Waals surface area (Å²) in [6, 6.07) is 15.1. The maximum absolute atomic E-state index is 11.7. The van der Waals surface area contributed by atoms with Gasteiger partial charge in [-0.05, 0) is 30.3 Å². The zero-order chi connectivity index (χ0) is 26.0. The number of benzene rings is 4. The molecule has 6 N–H and O–H groups in total. The Kier molecular flexibility index (Phi) is 8.20. The Bertz CT molecular complexity index is 1690. The maximum atomic E-state index is 11.7. The average Bonchev–Trinajstić information content (AvgIpc) is 2.82. The Labute approximate surface area is 231 Å². The van der Waals surface area contributed by atoms with Crippen molar-refractivity contribution in [1.29, 1.82) is 0 Å². The second-order valence-electron chi connectivity index (χ2n) is 7.40. The number of azo groups is 2. The van der Waals surface area contributed by atoms with Crippen molar-refractivity contribution in [1.82, 2.24) is 0 Å². The van der Waals surface area contributed by atoms with E-state index in [9.17, 15) is 28.2 Å². The third-order valence-corrected chi connectivity index (χ3v) is 5.93. The molecule has 182 valence electrons. The minimum atomic E-state index is -4.45. The monoisotopic (exact) mass is 530 g/mol. The van der Waals surface area contributed by atoms with Crippen molar-refractivity contribution in [2.75, 3.05) is 11.5 Å². The summed E-state index contributed by atoms with van der Waals surface area (Å²) in [6.07, 6.45) is 0. The summed E-state index contributed by atoms with van der Waals surface area (Å²) in [6.45, 7) is 0. The molecular formula is C22H17N7NaO6S+. The number of non-ortho nitro benzene ring substituents is 1. The molecule has 4 aromatic rings. The van der Waals surface area contributed by atoms with Gasteiger partial charge in [-0.15, -0.1) is 20.5 Å². The number of fused-ring (bicyclic) bond motifs is 1. The molecule has 0 amide bonds. The van der Waals surface area contributed by atoms with E-state index in [0.717, 1.165) is 18.2 Å². The van der Waals surface area contributed by atoms with Crippen LogP contribution in [0.4, 0.5) is 39.8 Å². The fourth-order valence-electron chi connectivity index (χ4n) is 3.28. The normalized spacial score (nSPS) is 11.7. The van der Waals surface area contributed by atoms with Gasteiger partial charge in [0.1, 0.15) is 27.7 Å². The van der Waals surface area contributed by atoms with Crippen LogP contribution >= 0.6 is 0 Å². The minimum absolute atomic E-state index is 0. The van der Waals surface area contributed by atoms with E-state index in [1.54, 1.807) is 18.2 Å². The van der Waals surface area contributed by atoms with Gasteiger partial charge in [-0.2, -0.15) is 8.42 Å². The number of hydrogen-bond donors (Lipinski definition) is 4. The Morgan fingerprint density at radius 3 is 1.95 bits per heavy atom. The van der Waals surface area contributed by atoms with Gasteiger partial charge in [-0.1, -0.05) is 24.3 Å². The van der Waals surface area contributed by atoms with Gasteiger partial charge in [0.25, 0.3) is 15.8 Å². The summed E-state index contributed by atoms with van der Waals surface area (Å²) in [5, 5.41) is 37.6. The van der Waals surface area contributed by atoms with Crippen LogP contribution in [0.15, 0.2) is 92.1 Å². The number of anilines is 2. The van der Waals surface area contributed by atoms with Crippen molar-refractivity contribution in [3.63, 3.8) is 0 Å². The number of phenolic OH excluding ortho intramolecular Hbond substituents is 1. The molecule has 0 fully saturated rings. The smallest absolute Gasteiger partial charge is 0.506 e. The summed E-state index contributed by atoms with van der Waals surface area (Å²) >= 11 is 0. The van der Waals surface area contributed by atoms with Gasteiger partial charge in [-0.3, -0.25) is 14.7 Å². The second kappa shape index (κ2) is 11.0. The van der Waals surface area contributed by atoms with Crippen molar-refractivity contribution in [2.45, 2.75) is 4.90 Å². The molecule has 0 saturated heterocycles. The largest absolute Gasteiger partial charge is 1.00 e. The molecule has 0 aromatic heterocycles. The summed E-state index contributed by atoms with van der Waals surface area (Å²) < 4.78 is 32.9. The van der Waals surface area contributed by atoms with Gasteiger partial charge in [0, 0.05) is 22.9 Å². The number of nitrogen functional groups attached to an aromatic ring is 2. The third kappa shape index (κ3) is 6.07. The first-order valence-electron chi connectivity index (χ1n) is 10.0. The second-order valence-corrected chi connectivity index (χ2v) is 8.79. The van der Waals surface area contributed by atoms with Crippen molar-refractivity contribution in [3.8, 4) is 5.75 Å². The molecule has 0 heterocycles. The molecule has 13 nitrogen and oxygen atoms in total. The van der Waals surface area contributed by atoms with Crippen LogP contribution in [0.5, 0.6) is 5.75 Å². The molecule has 0 radical (unpaired) electrons. The van der Waals surface area contributed by atoms with Crippen molar-refractivity contribution in [2.24, 2.45) is 20.5 Å². The molecule has 0 atom stereocenters. The molecule has 37 heavy (non-hydrogen) atoms. The SMILES string of the molecule is Nc1cc(N)c(N=Nc2cccc3c(S(=O)(=O)O)cccc23)cc1N=Nc1cc([N+](=O)[O-])ccc1O.[Na+]. The quantitative estimate of drug-likeness (QED) is 0.0723. The predicted octanol–water partition coefficient (Wildman–Crippen LogP) is 2.70.